The van der Waals surface area contributed by atoms with Crippen LogP contribution in [-0.2, 0) is 16.7 Å². The minimum Gasteiger partial charge on any atom is -0.325 e. The van der Waals surface area contributed by atoms with Crippen LogP contribution >= 0.6 is 0 Å². The van der Waals surface area contributed by atoms with Crippen molar-refractivity contribution in [2.24, 2.45) is 0 Å². The van der Waals surface area contributed by atoms with Gasteiger partial charge >= 0.3 is 10.1 Å². The molecule has 1 N–H and O–H groups in total. The van der Waals surface area contributed by atoms with Crippen molar-refractivity contribution >= 4 is 21.5 Å². The maximum atomic E-state index is 10.7. The lowest BCUT2D eigenvalue weighted by molar-refractivity contribution is -0.903. The van der Waals surface area contributed by atoms with E-state index in [-0.39, 0.29) is 0 Å². The minimum absolute atomic E-state index is 0.461. The van der Waals surface area contributed by atoms with E-state index in [4.69, 9.17) is 4.55 Å². The Morgan fingerprint density at radius 2 is 1.32 bits per heavy atom. The van der Waals surface area contributed by atoms with E-state index in [0.717, 1.165) is 17.1 Å². The average Bonchev–Trinajstić information content (AvgIpc) is 2.85. The van der Waals surface area contributed by atoms with Crippen LogP contribution in [-0.4, -0.2) is 47.9 Å². The van der Waals surface area contributed by atoms with Gasteiger partial charge in [0.2, 0.25) is 0 Å². The van der Waals surface area contributed by atoms with Gasteiger partial charge in [-0.2, -0.15) is 8.42 Å². The summed E-state index contributed by atoms with van der Waals surface area (Å²) in [6.45, 7) is 4.74. The standard InChI is InChI=1S/C21H38N.C6H4N2O7S/c1-4-5-6-7-8-9-10-11-12-16-19-22(2,3)20-21-17-14-13-15-18-21;9-7(10)4-1-2-6(16(13,14)15)5(3-4)8(11)12/h13-15,17-18H,4-12,16,19-20H2,1-3H3;1-3H,(H,13,14,15)/q+1;. The zero-order valence-electron chi connectivity index (χ0n) is 22.8. The van der Waals surface area contributed by atoms with Crippen molar-refractivity contribution in [3.05, 3.63) is 74.3 Å². The highest BCUT2D eigenvalue weighted by atomic mass is 32.2. The molecule has 0 aliphatic carbocycles. The Kier molecular flexibility index (Phi) is 14.7. The topological polar surface area (TPSA) is 141 Å². The summed E-state index contributed by atoms with van der Waals surface area (Å²) in [4.78, 5) is 17.7. The van der Waals surface area contributed by atoms with Gasteiger partial charge < -0.3 is 4.48 Å². The summed E-state index contributed by atoms with van der Waals surface area (Å²) in [5.74, 6) is 0. The van der Waals surface area contributed by atoms with Crippen LogP contribution in [0.1, 0.15) is 76.7 Å². The lowest BCUT2D eigenvalue weighted by Gasteiger charge is -2.30. The normalized spacial score (nSPS) is 11.5. The highest BCUT2D eigenvalue weighted by Gasteiger charge is 2.26. The molecule has 0 saturated carbocycles. The first-order valence-corrected chi connectivity index (χ1v) is 14.6. The van der Waals surface area contributed by atoms with Crippen LogP contribution in [0.3, 0.4) is 0 Å². The van der Waals surface area contributed by atoms with E-state index in [1.54, 1.807) is 0 Å². The molecule has 0 saturated heterocycles. The summed E-state index contributed by atoms with van der Waals surface area (Å²) >= 11 is 0. The Balaban J connectivity index is 0.000000399. The number of nitro groups is 2. The molecule has 38 heavy (non-hydrogen) atoms. The largest absolute Gasteiger partial charge is 0.325 e. The molecule has 0 heterocycles. The van der Waals surface area contributed by atoms with Crippen molar-refractivity contribution in [3.63, 3.8) is 0 Å². The number of nitrogens with zero attached hydrogens (tertiary/aromatic N) is 3. The van der Waals surface area contributed by atoms with Crippen molar-refractivity contribution in [2.75, 3.05) is 20.6 Å². The average molecular weight is 553 g/mol. The molecule has 0 spiro atoms. The predicted molar refractivity (Wildman–Crippen MR) is 149 cm³/mol. The van der Waals surface area contributed by atoms with Crippen molar-refractivity contribution in [3.8, 4) is 0 Å². The highest BCUT2D eigenvalue weighted by Crippen LogP contribution is 2.27. The number of unbranched alkanes of at least 4 members (excludes halogenated alkanes) is 9. The van der Waals surface area contributed by atoms with Gasteiger partial charge in [0.05, 0.1) is 36.6 Å². The zero-order valence-corrected chi connectivity index (χ0v) is 23.6. The summed E-state index contributed by atoms with van der Waals surface area (Å²) in [6, 6.07) is 12.7. The van der Waals surface area contributed by atoms with Crippen LogP contribution in [0, 0.1) is 20.2 Å². The molecular formula is C27H42N3O7S+. The fourth-order valence-electron chi connectivity index (χ4n) is 4.16. The molecule has 0 aliphatic heterocycles. The zero-order chi connectivity index (χ0) is 28.6. The van der Waals surface area contributed by atoms with Gasteiger partial charge in [0.15, 0.2) is 4.90 Å². The highest BCUT2D eigenvalue weighted by molar-refractivity contribution is 7.86. The fraction of sp³-hybridized carbons (Fsp3) is 0.556. The first-order chi connectivity index (χ1) is 17.9. The van der Waals surface area contributed by atoms with E-state index < -0.39 is 36.2 Å². The van der Waals surface area contributed by atoms with Crippen molar-refractivity contribution in [2.45, 2.75) is 82.6 Å². The summed E-state index contributed by atoms with van der Waals surface area (Å²) in [7, 11) is -0.0615. The Labute approximate surface area is 226 Å². The first-order valence-electron chi connectivity index (χ1n) is 13.1. The molecule has 11 heteroatoms. The number of benzene rings is 2. The summed E-state index contributed by atoms with van der Waals surface area (Å²) in [6.07, 6.45) is 14.2. The molecule has 0 unspecified atom stereocenters. The maximum Gasteiger partial charge on any atom is 0.301 e. The summed E-state index contributed by atoms with van der Waals surface area (Å²) in [5, 5.41) is 20.8. The molecular weight excluding hydrogens is 510 g/mol. The molecule has 0 aliphatic rings. The van der Waals surface area contributed by atoms with Crippen LogP contribution in [0.25, 0.3) is 0 Å². The van der Waals surface area contributed by atoms with Gasteiger partial charge in [-0.25, -0.2) is 0 Å². The number of nitro benzene ring substituents is 2. The molecule has 2 aromatic carbocycles. The van der Waals surface area contributed by atoms with E-state index in [9.17, 15) is 28.6 Å². The van der Waals surface area contributed by atoms with Gasteiger partial charge in [-0.15, -0.1) is 0 Å². The Morgan fingerprint density at radius 3 is 1.79 bits per heavy atom. The maximum absolute atomic E-state index is 10.7. The van der Waals surface area contributed by atoms with Crippen molar-refractivity contribution in [1.82, 2.24) is 0 Å². The second kappa shape index (κ2) is 16.8. The lowest BCUT2D eigenvalue weighted by Crippen LogP contribution is -2.39. The monoisotopic (exact) mass is 552 g/mol. The number of hydrogen-bond donors (Lipinski definition) is 1. The van der Waals surface area contributed by atoms with Gasteiger partial charge in [0.1, 0.15) is 6.54 Å². The summed E-state index contributed by atoms with van der Waals surface area (Å²) in [5.41, 5.74) is -0.227. The molecule has 0 amide bonds. The van der Waals surface area contributed by atoms with E-state index in [1.165, 1.54) is 76.3 Å². The van der Waals surface area contributed by atoms with Crippen LogP contribution < -0.4 is 0 Å². The van der Waals surface area contributed by atoms with Crippen LogP contribution in [0.15, 0.2) is 53.4 Å². The quantitative estimate of drug-likeness (QED) is 0.0782. The molecule has 2 aromatic rings. The second-order valence-corrected chi connectivity index (χ2v) is 11.5. The van der Waals surface area contributed by atoms with E-state index in [1.807, 2.05) is 0 Å². The summed E-state index contributed by atoms with van der Waals surface area (Å²) < 4.78 is 31.2. The number of hydrogen-bond acceptors (Lipinski definition) is 6. The molecule has 0 radical (unpaired) electrons. The lowest BCUT2D eigenvalue weighted by atomic mass is 10.1. The fourth-order valence-corrected chi connectivity index (χ4v) is 4.80. The third kappa shape index (κ3) is 13.6. The molecule has 10 nitrogen and oxygen atoms in total. The van der Waals surface area contributed by atoms with Gasteiger partial charge in [-0.3, -0.25) is 24.8 Å². The molecule has 0 bridgehead atoms. The van der Waals surface area contributed by atoms with E-state index >= 15 is 0 Å². The molecule has 0 aromatic heterocycles. The third-order valence-electron chi connectivity index (χ3n) is 6.20. The first kappa shape index (κ1) is 33.1. The van der Waals surface area contributed by atoms with Gasteiger partial charge in [-0.05, 0) is 18.9 Å². The molecule has 0 atom stereocenters. The third-order valence-corrected chi connectivity index (χ3v) is 7.10. The van der Waals surface area contributed by atoms with Crippen molar-refractivity contribution in [1.29, 1.82) is 0 Å². The van der Waals surface area contributed by atoms with Gasteiger partial charge in [0.25, 0.3) is 11.4 Å². The molecule has 212 valence electrons. The van der Waals surface area contributed by atoms with Gasteiger partial charge in [-0.1, -0.05) is 88.6 Å². The van der Waals surface area contributed by atoms with Gasteiger partial charge in [0, 0.05) is 11.6 Å². The van der Waals surface area contributed by atoms with E-state index in [0.29, 0.717) is 12.1 Å². The number of quaternary nitrogens is 1. The van der Waals surface area contributed by atoms with Crippen molar-refractivity contribution < 1.29 is 27.3 Å². The Morgan fingerprint density at radius 1 is 0.789 bits per heavy atom. The SMILES string of the molecule is CCCCCCCCCCCC[N+](C)(C)Cc1ccccc1.O=[N+]([O-])c1ccc(S(=O)(=O)O)c([N+](=O)[O-])c1. The van der Waals surface area contributed by atoms with Crippen LogP contribution in [0.2, 0.25) is 0 Å². The van der Waals surface area contributed by atoms with E-state index in [2.05, 4.69) is 51.4 Å². The Hall–Kier alpha value is -2.89. The second-order valence-electron chi connectivity index (χ2n) is 10.1. The minimum atomic E-state index is -4.79. The number of rotatable bonds is 16. The predicted octanol–water partition coefficient (Wildman–Crippen LogP) is 6.93. The Bertz CT molecular complexity index is 1110. The van der Waals surface area contributed by atoms with Crippen LogP contribution in [0.5, 0.6) is 0 Å². The smallest absolute Gasteiger partial charge is 0.301 e. The molecule has 2 rings (SSSR count). The number of non-ortho nitro benzene ring substituents is 1. The van der Waals surface area contributed by atoms with Crippen LogP contribution in [0.4, 0.5) is 11.4 Å². The molecule has 0 fully saturated rings.